The summed E-state index contributed by atoms with van der Waals surface area (Å²) in [5, 5.41) is 0. The minimum Gasteiger partial charge on any atom is -0.294 e. The minimum absolute atomic E-state index is 0.463. The van der Waals surface area contributed by atoms with Gasteiger partial charge in [-0.2, -0.15) is 0 Å². The van der Waals surface area contributed by atoms with E-state index in [-0.39, 0.29) is 0 Å². The zero-order chi connectivity index (χ0) is 8.43. The third kappa shape index (κ3) is 2.22. The van der Waals surface area contributed by atoms with E-state index in [4.69, 9.17) is 0 Å². The van der Waals surface area contributed by atoms with Gasteiger partial charge in [-0.05, 0) is 12.0 Å². The molecule has 60 valence electrons. The summed E-state index contributed by atoms with van der Waals surface area (Å²) in [5.41, 5.74) is 0.499. The number of halogens is 2. The summed E-state index contributed by atoms with van der Waals surface area (Å²) in [6.07, 6.45) is -1.50. The summed E-state index contributed by atoms with van der Waals surface area (Å²) < 4.78 is 23.1. The van der Waals surface area contributed by atoms with Crippen LogP contribution in [0.3, 0.4) is 0 Å². The fraction of sp³-hybridized carbons (Fsp3) is 0.429. The number of ketones is 2. The van der Waals surface area contributed by atoms with Crippen LogP contribution in [0.2, 0.25) is 0 Å². The second-order valence-electron chi connectivity index (χ2n) is 2.30. The molecule has 0 amide bonds. The first-order valence-corrected chi connectivity index (χ1v) is 3.14. The topological polar surface area (TPSA) is 34.1 Å². The van der Waals surface area contributed by atoms with Crippen molar-refractivity contribution in [3.05, 3.63) is 11.6 Å². The molecule has 0 atom stereocenters. The Morgan fingerprint density at radius 3 is 2.45 bits per heavy atom. The SMILES string of the molecule is O=C(CC(=O)C(F)F)C1=CC1. The quantitative estimate of drug-likeness (QED) is 0.577. The average Bonchev–Trinajstić information content (AvgIpc) is 2.67. The summed E-state index contributed by atoms with van der Waals surface area (Å²) in [4.78, 5) is 21.0. The van der Waals surface area contributed by atoms with Gasteiger partial charge in [0.1, 0.15) is 0 Å². The second-order valence-corrected chi connectivity index (χ2v) is 2.30. The minimum atomic E-state index is -3.02. The average molecular weight is 160 g/mol. The van der Waals surface area contributed by atoms with Gasteiger partial charge in [-0.3, -0.25) is 9.59 Å². The van der Waals surface area contributed by atoms with E-state index in [1.54, 1.807) is 6.08 Å². The molecule has 11 heavy (non-hydrogen) atoms. The molecule has 0 unspecified atom stereocenters. The monoisotopic (exact) mass is 160 g/mol. The number of alkyl halides is 2. The molecule has 0 aromatic carbocycles. The summed E-state index contributed by atoms with van der Waals surface area (Å²) in [5.74, 6) is -1.75. The Bertz CT molecular complexity index is 231. The number of Topliss-reactive ketones (excluding diaryl/α,β-unsaturated/α-hetero) is 2. The molecular weight excluding hydrogens is 154 g/mol. The molecule has 0 bridgehead atoms. The number of hydrogen-bond acceptors (Lipinski definition) is 2. The van der Waals surface area contributed by atoms with Crippen LogP contribution in [0.4, 0.5) is 8.78 Å². The van der Waals surface area contributed by atoms with Gasteiger partial charge in [0.2, 0.25) is 5.78 Å². The van der Waals surface area contributed by atoms with Crippen molar-refractivity contribution in [1.82, 2.24) is 0 Å². The van der Waals surface area contributed by atoms with E-state index in [0.717, 1.165) is 0 Å². The molecule has 0 aromatic rings. The third-order valence-electron chi connectivity index (χ3n) is 1.34. The van der Waals surface area contributed by atoms with Crippen LogP contribution in [0, 0.1) is 0 Å². The first-order chi connectivity index (χ1) is 5.11. The van der Waals surface area contributed by atoms with Crippen molar-refractivity contribution in [2.45, 2.75) is 19.3 Å². The van der Waals surface area contributed by atoms with Gasteiger partial charge in [0.15, 0.2) is 5.78 Å². The van der Waals surface area contributed by atoms with Gasteiger partial charge in [-0.25, -0.2) is 8.78 Å². The molecule has 0 N–H and O–H groups in total. The number of rotatable bonds is 4. The van der Waals surface area contributed by atoms with Gasteiger partial charge in [0, 0.05) is 0 Å². The molecule has 4 heteroatoms. The fourth-order valence-corrected chi connectivity index (χ4v) is 0.628. The zero-order valence-electron chi connectivity index (χ0n) is 5.64. The van der Waals surface area contributed by atoms with Crippen molar-refractivity contribution < 1.29 is 18.4 Å². The summed E-state index contributed by atoms with van der Waals surface area (Å²) in [7, 11) is 0. The highest BCUT2D eigenvalue weighted by Crippen LogP contribution is 2.21. The van der Waals surface area contributed by atoms with Crippen molar-refractivity contribution in [2.75, 3.05) is 0 Å². The van der Waals surface area contributed by atoms with Crippen LogP contribution >= 0.6 is 0 Å². The molecule has 0 fully saturated rings. The van der Waals surface area contributed by atoms with Crippen molar-refractivity contribution in [3.8, 4) is 0 Å². The highest BCUT2D eigenvalue weighted by atomic mass is 19.3. The zero-order valence-corrected chi connectivity index (χ0v) is 5.64. The van der Waals surface area contributed by atoms with E-state index < -0.39 is 24.4 Å². The van der Waals surface area contributed by atoms with Crippen LogP contribution in [0.1, 0.15) is 12.8 Å². The standard InChI is InChI=1S/C7H6F2O2/c8-7(9)6(11)3-5(10)4-1-2-4/h1,7H,2-3H2. The molecule has 0 aromatic heterocycles. The maximum absolute atomic E-state index is 11.6. The Kier molecular flexibility index (Phi) is 2.12. The third-order valence-corrected chi connectivity index (χ3v) is 1.34. The molecule has 0 aliphatic heterocycles. The van der Waals surface area contributed by atoms with Gasteiger partial charge in [0.05, 0.1) is 6.42 Å². The molecule has 2 nitrogen and oxygen atoms in total. The van der Waals surface area contributed by atoms with Crippen molar-refractivity contribution in [1.29, 1.82) is 0 Å². The van der Waals surface area contributed by atoms with Gasteiger partial charge in [-0.15, -0.1) is 0 Å². The largest absolute Gasteiger partial charge is 0.296 e. The fourth-order valence-electron chi connectivity index (χ4n) is 0.628. The molecule has 1 aliphatic carbocycles. The lowest BCUT2D eigenvalue weighted by molar-refractivity contribution is -0.132. The van der Waals surface area contributed by atoms with Gasteiger partial charge in [-0.1, -0.05) is 6.08 Å². The second kappa shape index (κ2) is 2.90. The summed E-state index contributed by atoms with van der Waals surface area (Å²) in [6.45, 7) is 0. The number of carbonyl (C=O) groups is 2. The lowest BCUT2D eigenvalue weighted by atomic mass is 10.2. The lowest BCUT2D eigenvalue weighted by Crippen LogP contribution is -2.14. The summed E-state index contributed by atoms with van der Waals surface area (Å²) in [6, 6.07) is 0. The molecular formula is C7H6F2O2. The van der Waals surface area contributed by atoms with Crippen LogP contribution in [-0.2, 0) is 9.59 Å². The van der Waals surface area contributed by atoms with Crippen LogP contribution in [0.5, 0.6) is 0 Å². The number of hydrogen-bond donors (Lipinski definition) is 0. The molecule has 0 saturated heterocycles. The van der Waals surface area contributed by atoms with E-state index in [0.29, 0.717) is 12.0 Å². The smallest absolute Gasteiger partial charge is 0.294 e. The molecule has 0 radical (unpaired) electrons. The van der Waals surface area contributed by atoms with Crippen LogP contribution < -0.4 is 0 Å². The number of carbonyl (C=O) groups excluding carboxylic acids is 2. The number of allylic oxidation sites excluding steroid dienone is 2. The van der Waals surface area contributed by atoms with Gasteiger partial charge >= 0.3 is 0 Å². The van der Waals surface area contributed by atoms with E-state index in [1.807, 2.05) is 0 Å². The van der Waals surface area contributed by atoms with Gasteiger partial charge < -0.3 is 0 Å². The highest BCUT2D eigenvalue weighted by molar-refractivity contribution is 6.10. The molecule has 0 saturated carbocycles. The Morgan fingerprint density at radius 2 is 2.09 bits per heavy atom. The first-order valence-electron chi connectivity index (χ1n) is 3.14. The van der Waals surface area contributed by atoms with Crippen molar-refractivity contribution >= 4 is 11.6 Å². The van der Waals surface area contributed by atoms with Gasteiger partial charge in [0.25, 0.3) is 6.43 Å². The predicted octanol–water partition coefficient (Wildman–Crippen LogP) is 1.11. The van der Waals surface area contributed by atoms with Crippen molar-refractivity contribution in [2.24, 2.45) is 0 Å². The predicted molar refractivity (Wildman–Crippen MR) is 33.3 cm³/mol. The highest BCUT2D eigenvalue weighted by Gasteiger charge is 2.24. The van der Waals surface area contributed by atoms with Crippen LogP contribution in [0.15, 0.2) is 11.6 Å². The Hall–Kier alpha value is -1.06. The van der Waals surface area contributed by atoms with Crippen molar-refractivity contribution in [3.63, 3.8) is 0 Å². The maximum Gasteiger partial charge on any atom is 0.296 e. The molecule has 1 aliphatic rings. The van der Waals surface area contributed by atoms with E-state index in [9.17, 15) is 18.4 Å². The summed E-state index contributed by atoms with van der Waals surface area (Å²) >= 11 is 0. The molecule has 0 heterocycles. The van der Waals surface area contributed by atoms with E-state index in [2.05, 4.69) is 0 Å². The molecule has 0 spiro atoms. The van der Waals surface area contributed by atoms with E-state index in [1.165, 1.54) is 0 Å². The van der Waals surface area contributed by atoms with Crippen LogP contribution in [0.25, 0.3) is 0 Å². The maximum atomic E-state index is 11.6. The normalized spacial score (nSPS) is 14.6. The van der Waals surface area contributed by atoms with Crippen LogP contribution in [-0.4, -0.2) is 18.0 Å². The Morgan fingerprint density at radius 1 is 1.55 bits per heavy atom. The van der Waals surface area contributed by atoms with E-state index >= 15 is 0 Å². The first kappa shape index (κ1) is 8.04. The Balaban J connectivity index is 2.35. The Labute approximate surface area is 61.9 Å². The molecule has 1 rings (SSSR count). The lowest BCUT2D eigenvalue weighted by Gasteiger charge is -1.94.